The summed E-state index contributed by atoms with van der Waals surface area (Å²) >= 11 is 0. The van der Waals surface area contributed by atoms with Crippen molar-refractivity contribution in [1.29, 1.82) is 0 Å². The summed E-state index contributed by atoms with van der Waals surface area (Å²) in [5, 5.41) is 0. The van der Waals surface area contributed by atoms with E-state index in [-0.39, 0.29) is 38.6 Å². The quantitative estimate of drug-likeness (QED) is 0.0264. The fourth-order valence-corrected chi connectivity index (χ4v) is 12.3. The van der Waals surface area contributed by atoms with Crippen LogP contribution in [-0.4, -0.2) is 49.3 Å². The van der Waals surface area contributed by atoms with Crippen molar-refractivity contribution in [2.45, 2.75) is 392 Å². The molecule has 0 heterocycles. The number of hydrogen-bond donors (Lipinski definition) is 2. The molecule has 0 saturated heterocycles. The van der Waals surface area contributed by atoms with Crippen LogP contribution in [0.15, 0.2) is 85.1 Å². The van der Waals surface area contributed by atoms with Gasteiger partial charge in [-0.15, -0.1) is 0 Å². The van der Waals surface area contributed by atoms with Gasteiger partial charge in [0.25, 0.3) is 0 Å². The van der Waals surface area contributed by atoms with Crippen molar-refractivity contribution in [2.75, 3.05) is 26.4 Å². The van der Waals surface area contributed by atoms with Crippen LogP contribution < -0.4 is 5.73 Å². The molecule has 0 spiro atoms. The van der Waals surface area contributed by atoms with Gasteiger partial charge in [0.15, 0.2) is 6.10 Å². The Morgan fingerprint density at radius 1 is 0.341 bits per heavy atom. The van der Waals surface area contributed by atoms with E-state index in [4.69, 9.17) is 24.3 Å². The number of phosphoric acid groups is 1. The second kappa shape index (κ2) is 76.2. The Hall–Kier alpha value is -2.81. The Morgan fingerprint density at radius 2 is 0.604 bits per heavy atom. The summed E-state index contributed by atoms with van der Waals surface area (Å²) in [6.07, 6.45) is 103. The lowest BCUT2D eigenvalue weighted by molar-refractivity contribution is -0.161. The van der Waals surface area contributed by atoms with Gasteiger partial charge in [-0.1, -0.05) is 388 Å². The van der Waals surface area contributed by atoms with E-state index in [1.54, 1.807) is 0 Å². The number of ether oxygens (including phenoxy) is 2. The lowest BCUT2D eigenvalue weighted by Crippen LogP contribution is -2.29. The van der Waals surface area contributed by atoms with E-state index in [9.17, 15) is 19.0 Å². The largest absolute Gasteiger partial charge is 0.472 e. The molecule has 0 bridgehead atoms. The maximum absolute atomic E-state index is 12.8. The Labute approximate surface area is 564 Å². The maximum Gasteiger partial charge on any atom is 0.472 e. The van der Waals surface area contributed by atoms with Gasteiger partial charge in [0.1, 0.15) is 6.61 Å². The van der Waals surface area contributed by atoms with Gasteiger partial charge in [-0.25, -0.2) is 4.57 Å². The van der Waals surface area contributed by atoms with E-state index in [2.05, 4.69) is 98.9 Å². The number of esters is 2. The summed E-state index contributed by atoms with van der Waals surface area (Å²) in [6.45, 7) is 3.69. The van der Waals surface area contributed by atoms with Gasteiger partial charge in [0, 0.05) is 19.4 Å². The molecule has 0 aromatic carbocycles. The molecule has 0 rings (SSSR count). The molecular formula is C81H148NO8P. The third kappa shape index (κ3) is 76.1. The van der Waals surface area contributed by atoms with Crippen molar-refractivity contribution < 1.29 is 37.6 Å². The van der Waals surface area contributed by atoms with Crippen LogP contribution in [0.4, 0.5) is 0 Å². The molecule has 3 N–H and O–H groups in total. The molecule has 0 aromatic rings. The minimum atomic E-state index is -4.40. The van der Waals surface area contributed by atoms with Gasteiger partial charge >= 0.3 is 19.8 Å². The zero-order valence-electron chi connectivity index (χ0n) is 59.8. The maximum atomic E-state index is 12.8. The van der Waals surface area contributed by atoms with Crippen molar-refractivity contribution in [1.82, 2.24) is 0 Å². The molecule has 91 heavy (non-hydrogen) atoms. The predicted octanol–water partition coefficient (Wildman–Crippen LogP) is 26.1. The van der Waals surface area contributed by atoms with E-state index in [1.165, 1.54) is 270 Å². The second-order valence-electron chi connectivity index (χ2n) is 26.2. The molecule has 10 heteroatoms. The van der Waals surface area contributed by atoms with Crippen LogP contribution in [0.25, 0.3) is 0 Å². The van der Waals surface area contributed by atoms with Crippen molar-refractivity contribution in [3.63, 3.8) is 0 Å². The molecule has 0 saturated carbocycles. The average molecular weight is 1300 g/mol. The smallest absolute Gasteiger partial charge is 0.462 e. The van der Waals surface area contributed by atoms with Gasteiger partial charge in [0.05, 0.1) is 13.2 Å². The molecule has 530 valence electrons. The Kier molecular flexibility index (Phi) is 73.9. The van der Waals surface area contributed by atoms with Crippen LogP contribution in [0.1, 0.15) is 386 Å². The summed E-state index contributed by atoms with van der Waals surface area (Å²) in [6, 6.07) is 0. The van der Waals surface area contributed by atoms with Gasteiger partial charge in [-0.2, -0.15) is 0 Å². The van der Waals surface area contributed by atoms with Crippen LogP contribution in [0.5, 0.6) is 0 Å². The highest BCUT2D eigenvalue weighted by Gasteiger charge is 2.26. The summed E-state index contributed by atoms with van der Waals surface area (Å²) in [5.74, 6) is -0.810. The summed E-state index contributed by atoms with van der Waals surface area (Å²) in [4.78, 5) is 35.4. The van der Waals surface area contributed by atoms with E-state index < -0.39 is 26.5 Å². The third-order valence-electron chi connectivity index (χ3n) is 17.3. The first-order valence-electron chi connectivity index (χ1n) is 39.1. The van der Waals surface area contributed by atoms with Crippen LogP contribution in [0.3, 0.4) is 0 Å². The first-order valence-corrected chi connectivity index (χ1v) is 40.6. The number of carbonyl (C=O) groups is 2. The topological polar surface area (TPSA) is 134 Å². The second-order valence-corrected chi connectivity index (χ2v) is 27.7. The lowest BCUT2D eigenvalue weighted by Gasteiger charge is -2.19. The number of phosphoric ester groups is 1. The first kappa shape index (κ1) is 88.2. The van der Waals surface area contributed by atoms with Crippen LogP contribution >= 0.6 is 7.82 Å². The van der Waals surface area contributed by atoms with Crippen molar-refractivity contribution in [3.05, 3.63) is 85.1 Å². The molecule has 2 atom stereocenters. The Morgan fingerprint density at radius 3 is 0.901 bits per heavy atom. The molecular weight excluding hydrogens is 1150 g/mol. The number of allylic oxidation sites excluding steroid dienone is 14. The highest BCUT2D eigenvalue weighted by Crippen LogP contribution is 2.43. The molecule has 0 aliphatic carbocycles. The summed E-state index contributed by atoms with van der Waals surface area (Å²) in [5.41, 5.74) is 5.41. The van der Waals surface area contributed by atoms with Gasteiger partial charge in [-0.05, 0) is 70.6 Å². The number of carbonyl (C=O) groups excluding carboxylic acids is 2. The van der Waals surface area contributed by atoms with E-state index in [0.717, 1.165) is 83.5 Å². The van der Waals surface area contributed by atoms with Crippen LogP contribution in [0, 0.1) is 0 Å². The van der Waals surface area contributed by atoms with E-state index >= 15 is 0 Å². The first-order chi connectivity index (χ1) is 44.8. The molecule has 0 fully saturated rings. The van der Waals surface area contributed by atoms with Gasteiger partial charge in [-0.3, -0.25) is 18.6 Å². The monoisotopic (exact) mass is 1290 g/mol. The highest BCUT2D eigenvalue weighted by molar-refractivity contribution is 7.47. The fourth-order valence-electron chi connectivity index (χ4n) is 11.6. The molecule has 0 aliphatic heterocycles. The Balaban J connectivity index is 3.81. The predicted molar refractivity (Wildman–Crippen MR) is 395 cm³/mol. The number of rotatable bonds is 74. The zero-order chi connectivity index (χ0) is 65.8. The fraction of sp³-hybridized carbons (Fsp3) is 0.802. The number of nitrogens with two attached hydrogens (primary N) is 1. The Bertz CT molecular complexity index is 1770. The standard InChI is InChI=1S/C81H148NO8P/c1-3-5-7-9-11-13-15-17-19-21-23-25-27-29-31-33-35-37-38-39-40-42-44-46-48-50-52-54-56-58-60-62-64-66-68-70-72-74-81(84)90-79(78-89-91(85,86)88-76-75-82)77-87-80(83)73-71-69-67-65-63-61-59-57-55-53-51-49-47-45-43-41-36-34-32-30-28-26-24-22-20-18-16-14-12-10-8-6-4-2/h5,7,11,13,17,19,23,25,29,31,35,37,39-40,79H,3-4,6,8-10,12,14-16,18,20-22,24,26-28,30,32-34,36,38,41-78,82H2,1-2H3,(H,85,86)/b7-5-,13-11-,19-17-,25-23-,31-29-,37-35-,40-39-. The minimum Gasteiger partial charge on any atom is -0.462 e. The average Bonchev–Trinajstić information content (AvgIpc) is 3.74. The third-order valence-corrected chi connectivity index (χ3v) is 18.3. The molecule has 0 aliphatic rings. The van der Waals surface area contributed by atoms with Crippen molar-refractivity contribution >= 4 is 19.8 Å². The van der Waals surface area contributed by atoms with Gasteiger partial charge < -0.3 is 20.1 Å². The molecule has 2 unspecified atom stereocenters. The van der Waals surface area contributed by atoms with Gasteiger partial charge in [0.2, 0.25) is 0 Å². The van der Waals surface area contributed by atoms with Crippen molar-refractivity contribution in [2.24, 2.45) is 5.73 Å². The minimum absolute atomic E-state index is 0.0533. The number of hydrogen-bond acceptors (Lipinski definition) is 8. The number of unbranched alkanes of at least 4 members (excludes halogenated alkanes) is 47. The van der Waals surface area contributed by atoms with Crippen LogP contribution in [-0.2, 0) is 32.7 Å². The van der Waals surface area contributed by atoms with E-state index in [0.29, 0.717) is 6.42 Å². The summed E-state index contributed by atoms with van der Waals surface area (Å²) < 4.78 is 33.3. The van der Waals surface area contributed by atoms with E-state index in [1.807, 2.05) is 0 Å². The SMILES string of the molecule is CC/C=C\C/C=C\C/C=C\C/C=C\C/C=C\C/C=C\C/C=C\CCCCCCCCCCCCCCCCCC(=O)OC(COC(=O)CCCCCCCCCCCCCCCCCCCCCCCCCCCCCCCCCCC)COP(=O)(O)OCCN. The summed E-state index contributed by atoms with van der Waals surface area (Å²) in [7, 11) is -4.40. The highest BCUT2D eigenvalue weighted by atomic mass is 31.2. The zero-order valence-corrected chi connectivity index (χ0v) is 60.7. The van der Waals surface area contributed by atoms with Crippen molar-refractivity contribution in [3.8, 4) is 0 Å². The molecule has 0 aromatic heterocycles. The molecule has 0 radical (unpaired) electrons. The molecule has 9 nitrogen and oxygen atoms in total. The van der Waals surface area contributed by atoms with Crippen LogP contribution in [0.2, 0.25) is 0 Å². The lowest BCUT2D eigenvalue weighted by atomic mass is 10.0. The molecule has 0 amide bonds. The normalized spacial score (nSPS) is 13.3.